The Bertz CT molecular complexity index is 923. The summed E-state index contributed by atoms with van der Waals surface area (Å²) in [5.41, 5.74) is 1.76. The highest BCUT2D eigenvalue weighted by Crippen LogP contribution is 2.31. The van der Waals surface area contributed by atoms with Gasteiger partial charge in [0, 0.05) is 37.8 Å². The molecule has 0 aromatic carbocycles. The molecule has 138 valence electrons. The molecular formula is C20H22N6O. The van der Waals surface area contributed by atoms with Crippen LogP contribution in [0.3, 0.4) is 0 Å². The molecule has 0 spiro atoms. The van der Waals surface area contributed by atoms with Gasteiger partial charge in [0.25, 0.3) is 0 Å². The van der Waals surface area contributed by atoms with Crippen LogP contribution >= 0.6 is 0 Å². The number of hydrogen-bond donors (Lipinski definition) is 0. The molecule has 7 nitrogen and oxygen atoms in total. The number of aryl methyl sites for hydroxylation is 1. The average Bonchev–Trinajstić information content (AvgIpc) is 3.38. The summed E-state index contributed by atoms with van der Waals surface area (Å²) in [6.07, 6.45) is 13.7. The Morgan fingerprint density at radius 1 is 1.22 bits per heavy atom. The molecule has 4 rings (SSSR count). The van der Waals surface area contributed by atoms with Crippen LogP contribution in [0.1, 0.15) is 42.9 Å². The fraction of sp³-hybridized carbons (Fsp3) is 0.350. The Kier molecular flexibility index (Phi) is 4.91. The van der Waals surface area contributed by atoms with E-state index in [2.05, 4.69) is 21.9 Å². The van der Waals surface area contributed by atoms with Crippen molar-refractivity contribution in [2.24, 2.45) is 0 Å². The molecule has 3 aromatic rings. The van der Waals surface area contributed by atoms with E-state index in [1.165, 1.54) is 0 Å². The molecule has 0 N–H and O–H groups in total. The minimum absolute atomic E-state index is 0.0322. The van der Waals surface area contributed by atoms with Crippen LogP contribution < -0.4 is 0 Å². The topological polar surface area (TPSA) is 76.8 Å². The first-order chi connectivity index (χ1) is 13.3. The van der Waals surface area contributed by atoms with E-state index < -0.39 is 0 Å². The Balaban J connectivity index is 1.57. The molecule has 3 aromatic heterocycles. The summed E-state index contributed by atoms with van der Waals surface area (Å²) in [5.74, 6) is 1.79. The molecular weight excluding hydrogens is 340 g/mol. The first-order valence-electron chi connectivity index (χ1n) is 9.29. The quantitative estimate of drug-likeness (QED) is 0.697. The lowest BCUT2D eigenvalue weighted by atomic mass is 10.1. The maximum Gasteiger partial charge on any atom is 0.227 e. The maximum atomic E-state index is 12.8. The second kappa shape index (κ2) is 7.65. The van der Waals surface area contributed by atoms with Crippen molar-refractivity contribution in [1.29, 1.82) is 0 Å². The molecule has 4 heterocycles. The summed E-state index contributed by atoms with van der Waals surface area (Å²) < 4.78 is 1.95. The van der Waals surface area contributed by atoms with Gasteiger partial charge < -0.3 is 4.90 Å². The van der Waals surface area contributed by atoms with Gasteiger partial charge in [-0.05, 0) is 24.5 Å². The number of pyridine rings is 1. The number of carbonyl (C=O) groups is 1. The Hall–Kier alpha value is -3.09. The van der Waals surface area contributed by atoms with E-state index >= 15 is 0 Å². The molecule has 1 atom stereocenters. The summed E-state index contributed by atoms with van der Waals surface area (Å²) in [4.78, 5) is 32.4. The number of carbonyl (C=O) groups excluding carboxylic acids is 1. The number of hydrogen-bond acceptors (Lipinski definition) is 5. The molecule has 0 aliphatic carbocycles. The van der Waals surface area contributed by atoms with Gasteiger partial charge in [0.15, 0.2) is 5.82 Å². The zero-order chi connectivity index (χ0) is 18.6. The van der Waals surface area contributed by atoms with Crippen molar-refractivity contribution in [2.45, 2.75) is 38.6 Å². The lowest BCUT2D eigenvalue weighted by Gasteiger charge is -2.24. The van der Waals surface area contributed by atoms with Gasteiger partial charge in [-0.1, -0.05) is 13.0 Å². The smallest absolute Gasteiger partial charge is 0.227 e. The van der Waals surface area contributed by atoms with Gasteiger partial charge >= 0.3 is 0 Å². The number of nitrogens with zero attached hydrogens (tertiary/aromatic N) is 6. The largest absolute Gasteiger partial charge is 0.334 e. The third-order valence-electron chi connectivity index (χ3n) is 4.91. The highest BCUT2D eigenvalue weighted by atomic mass is 16.2. The van der Waals surface area contributed by atoms with Crippen LogP contribution in [-0.2, 0) is 17.6 Å². The van der Waals surface area contributed by atoms with Gasteiger partial charge in [-0.2, -0.15) is 0 Å². The first-order valence-corrected chi connectivity index (χ1v) is 9.29. The number of imidazole rings is 1. The second-order valence-electron chi connectivity index (χ2n) is 6.65. The monoisotopic (exact) mass is 362 g/mol. The standard InChI is InChI=1S/C20H22N6O/c1-2-18-23-8-10-26(18)19-14-22-13-16(24-19)17-6-4-9-25(17)20(27)11-15-5-3-7-21-12-15/h3,5,7-8,10,12-14,17H,2,4,6,9,11H2,1H3. The number of aromatic nitrogens is 5. The minimum Gasteiger partial charge on any atom is -0.334 e. The third kappa shape index (κ3) is 3.58. The van der Waals surface area contributed by atoms with Crippen molar-refractivity contribution in [1.82, 2.24) is 29.4 Å². The summed E-state index contributed by atoms with van der Waals surface area (Å²) in [6, 6.07) is 3.76. The van der Waals surface area contributed by atoms with Crippen LogP contribution in [-0.4, -0.2) is 41.9 Å². The second-order valence-corrected chi connectivity index (χ2v) is 6.65. The van der Waals surface area contributed by atoms with E-state index in [-0.39, 0.29) is 11.9 Å². The molecule has 7 heteroatoms. The summed E-state index contributed by atoms with van der Waals surface area (Å²) in [5, 5.41) is 0. The predicted molar refractivity (Wildman–Crippen MR) is 100 cm³/mol. The lowest BCUT2D eigenvalue weighted by Crippen LogP contribution is -2.32. The fourth-order valence-corrected chi connectivity index (χ4v) is 3.60. The highest BCUT2D eigenvalue weighted by molar-refractivity contribution is 5.79. The van der Waals surface area contributed by atoms with Crippen molar-refractivity contribution in [3.63, 3.8) is 0 Å². The van der Waals surface area contributed by atoms with E-state index in [0.29, 0.717) is 6.42 Å². The molecule has 1 saturated heterocycles. The van der Waals surface area contributed by atoms with Crippen molar-refractivity contribution in [3.8, 4) is 5.82 Å². The first kappa shape index (κ1) is 17.3. The normalized spacial score (nSPS) is 16.6. The number of rotatable bonds is 5. The van der Waals surface area contributed by atoms with E-state index in [9.17, 15) is 4.79 Å². The summed E-state index contributed by atoms with van der Waals surface area (Å²) in [6.45, 7) is 2.81. The molecule has 0 saturated carbocycles. The van der Waals surface area contributed by atoms with Crippen LogP contribution in [0.15, 0.2) is 49.3 Å². The van der Waals surface area contributed by atoms with Crippen molar-refractivity contribution >= 4 is 5.91 Å². The Labute approximate surface area is 158 Å². The number of amides is 1. The Morgan fingerprint density at radius 3 is 2.96 bits per heavy atom. The van der Waals surface area contributed by atoms with E-state index in [1.54, 1.807) is 31.0 Å². The highest BCUT2D eigenvalue weighted by Gasteiger charge is 2.31. The molecule has 1 unspecified atom stereocenters. The molecule has 0 radical (unpaired) electrons. The molecule has 1 amide bonds. The van der Waals surface area contributed by atoms with E-state index in [1.807, 2.05) is 27.8 Å². The van der Waals surface area contributed by atoms with Gasteiger partial charge in [-0.15, -0.1) is 0 Å². The van der Waals surface area contributed by atoms with E-state index in [4.69, 9.17) is 4.98 Å². The fourth-order valence-electron chi connectivity index (χ4n) is 3.60. The predicted octanol–water partition coefficient (Wildman–Crippen LogP) is 2.53. The molecule has 1 fully saturated rings. The van der Waals surface area contributed by atoms with Crippen LogP contribution in [0.4, 0.5) is 0 Å². The van der Waals surface area contributed by atoms with Crippen molar-refractivity contribution in [2.75, 3.05) is 6.54 Å². The average molecular weight is 362 g/mol. The van der Waals surface area contributed by atoms with Crippen molar-refractivity contribution < 1.29 is 4.79 Å². The molecule has 1 aliphatic heterocycles. The molecule has 27 heavy (non-hydrogen) atoms. The summed E-state index contributed by atoms with van der Waals surface area (Å²) in [7, 11) is 0. The zero-order valence-corrected chi connectivity index (χ0v) is 15.3. The summed E-state index contributed by atoms with van der Waals surface area (Å²) >= 11 is 0. The minimum atomic E-state index is -0.0322. The molecule has 1 aliphatic rings. The van der Waals surface area contributed by atoms with Gasteiger partial charge in [-0.25, -0.2) is 9.97 Å². The third-order valence-corrected chi connectivity index (χ3v) is 4.91. The van der Waals surface area contributed by atoms with E-state index in [0.717, 1.165) is 48.7 Å². The number of likely N-dealkylation sites (tertiary alicyclic amines) is 1. The van der Waals surface area contributed by atoms with Gasteiger partial charge in [0.05, 0.1) is 30.6 Å². The van der Waals surface area contributed by atoms with Crippen molar-refractivity contribution in [3.05, 3.63) is 66.4 Å². The van der Waals surface area contributed by atoms with Crippen LogP contribution in [0.25, 0.3) is 5.82 Å². The van der Waals surface area contributed by atoms with Gasteiger partial charge in [-0.3, -0.25) is 19.3 Å². The van der Waals surface area contributed by atoms with Crippen LogP contribution in [0, 0.1) is 0 Å². The lowest BCUT2D eigenvalue weighted by molar-refractivity contribution is -0.131. The zero-order valence-electron chi connectivity index (χ0n) is 15.3. The SMILES string of the molecule is CCc1nccn1-c1cncc(C2CCCN2C(=O)Cc2cccnc2)n1. The van der Waals surface area contributed by atoms with Gasteiger partial charge in [0.2, 0.25) is 5.91 Å². The maximum absolute atomic E-state index is 12.8. The molecule has 0 bridgehead atoms. The van der Waals surface area contributed by atoms with Gasteiger partial charge in [0.1, 0.15) is 5.82 Å². The van der Waals surface area contributed by atoms with Crippen LogP contribution in [0.5, 0.6) is 0 Å². The van der Waals surface area contributed by atoms with Crippen LogP contribution in [0.2, 0.25) is 0 Å². The Morgan fingerprint density at radius 2 is 2.15 bits per heavy atom.